The minimum absolute atomic E-state index is 0.140. The molecular weight excluding hydrogens is 663 g/mol. The molecule has 3 N–H and O–H groups in total. The minimum atomic E-state index is -0.622. The van der Waals surface area contributed by atoms with E-state index in [9.17, 15) is 15.3 Å². The van der Waals surface area contributed by atoms with Gasteiger partial charge < -0.3 is 15.3 Å². The molecule has 6 saturated carbocycles. The molecule has 6 aliphatic carbocycles. The van der Waals surface area contributed by atoms with Gasteiger partial charge in [0.25, 0.3) is 0 Å². The summed E-state index contributed by atoms with van der Waals surface area (Å²) in [4.78, 5) is 2.87. The van der Waals surface area contributed by atoms with Gasteiger partial charge in [-0.3, -0.25) is 4.90 Å². The average molecular weight is 734 g/mol. The van der Waals surface area contributed by atoms with E-state index in [1.54, 1.807) is 0 Å². The zero-order valence-corrected chi connectivity index (χ0v) is 33.6. The average Bonchev–Trinajstić information content (AvgIpc) is 3.74. The lowest BCUT2D eigenvalue weighted by molar-refractivity contribution is -0.224. The molecule has 2 aliphatic heterocycles. The Morgan fingerprint density at radius 3 is 2.11 bits per heavy atom. The number of fused-ring (bicyclic) bond motifs is 8. The van der Waals surface area contributed by atoms with Gasteiger partial charge in [-0.25, -0.2) is 0 Å². The van der Waals surface area contributed by atoms with Crippen molar-refractivity contribution < 1.29 is 15.3 Å². The summed E-state index contributed by atoms with van der Waals surface area (Å²) in [5, 5.41) is 36.6. The van der Waals surface area contributed by atoms with E-state index in [-0.39, 0.29) is 23.5 Å². The van der Waals surface area contributed by atoms with Gasteiger partial charge >= 0.3 is 0 Å². The Morgan fingerprint density at radius 2 is 1.35 bits per heavy atom. The maximum Gasteiger partial charge on any atom is 0.0861 e. The van der Waals surface area contributed by atoms with Gasteiger partial charge in [0, 0.05) is 19.1 Å². The molecule has 4 heteroatoms. The summed E-state index contributed by atoms with van der Waals surface area (Å²) in [6, 6.07) is 22.9. The molecule has 8 aliphatic rings. The van der Waals surface area contributed by atoms with Crippen LogP contribution in [0.1, 0.15) is 121 Å². The quantitative estimate of drug-likeness (QED) is 0.287. The highest BCUT2D eigenvalue weighted by molar-refractivity contribution is 5.21. The number of nitrogens with zero attached hydrogens (tertiary/aromatic N) is 1. The van der Waals surface area contributed by atoms with Crippen LogP contribution in [-0.4, -0.2) is 57.2 Å². The molecule has 0 aromatic heterocycles. The predicted octanol–water partition coefficient (Wildman–Crippen LogP) is 9.35. The lowest BCUT2D eigenvalue weighted by atomic mass is 9.49. The normalized spacial score (nSPS) is 50.1. The second-order valence-electron chi connectivity index (χ2n) is 21.8. The fraction of sp³-hybridized carbons (Fsp3) is 0.760. The lowest BCUT2D eigenvalue weighted by Crippen LogP contribution is -2.71. The third kappa shape index (κ3) is 6.12. The molecular formula is C50H71NO3. The molecule has 8 fully saturated rings. The molecule has 294 valence electrons. The van der Waals surface area contributed by atoms with Crippen molar-refractivity contribution in [2.45, 2.75) is 147 Å². The molecule has 2 heterocycles. The number of benzene rings is 2. The summed E-state index contributed by atoms with van der Waals surface area (Å²) in [7, 11) is 0. The first-order chi connectivity index (χ1) is 26.1. The van der Waals surface area contributed by atoms with E-state index >= 15 is 0 Å². The third-order valence-electron chi connectivity index (χ3n) is 18.9. The van der Waals surface area contributed by atoms with Crippen LogP contribution in [-0.2, 0) is 12.8 Å². The fourth-order valence-electron chi connectivity index (χ4n) is 17.0. The van der Waals surface area contributed by atoms with Crippen molar-refractivity contribution in [3.8, 4) is 0 Å². The van der Waals surface area contributed by atoms with Crippen LogP contribution in [0.5, 0.6) is 0 Å². The molecule has 1 spiro atoms. The van der Waals surface area contributed by atoms with Crippen molar-refractivity contribution in [2.75, 3.05) is 13.1 Å². The van der Waals surface area contributed by atoms with Crippen molar-refractivity contribution in [1.29, 1.82) is 0 Å². The van der Waals surface area contributed by atoms with Crippen LogP contribution in [0.4, 0.5) is 0 Å². The molecule has 2 aromatic rings. The Morgan fingerprint density at radius 1 is 0.630 bits per heavy atom. The lowest BCUT2D eigenvalue weighted by Gasteiger charge is -2.64. The molecule has 4 nitrogen and oxygen atoms in total. The van der Waals surface area contributed by atoms with Crippen LogP contribution in [0.25, 0.3) is 0 Å². The molecule has 2 unspecified atom stereocenters. The first-order valence-corrected chi connectivity index (χ1v) is 23.0. The van der Waals surface area contributed by atoms with Crippen LogP contribution >= 0.6 is 0 Å². The number of aliphatic hydroxyl groups is 3. The van der Waals surface area contributed by atoms with E-state index in [0.717, 1.165) is 51.0 Å². The van der Waals surface area contributed by atoms with Crippen LogP contribution in [0.15, 0.2) is 60.7 Å². The molecule has 10 rings (SSSR count). The Bertz CT molecular complexity index is 1620. The number of hydrogen-bond acceptors (Lipinski definition) is 4. The van der Waals surface area contributed by atoms with Gasteiger partial charge in [-0.05, 0) is 196 Å². The summed E-state index contributed by atoms with van der Waals surface area (Å²) < 4.78 is 0. The summed E-state index contributed by atoms with van der Waals surface area (Å²) in [6.07, 6.45) is 19.5. The molecule has 0 radical (unpaired) electrons. The van der Waals surface area contributed by atoms with Gasteiger partial charge in [0.1, 0.15) is 0 Å². The fourth-order valence-corrected chi connectivity index (χ4v) is 17.0. The van der Waals surface area contributed by atoms with Crippen LogP contribution < -0.4 is 0 Å². The summed E-state index contributed by atoms with van der Waals surface area (Å²) in [5.41, 5.74) is 2.85. The number of hydrogen-bond donors (Lipinski definition) is 3. The van der Waals surface area contributed by atoms with Crippen LogP contribution in [0, 0.1) is 75.9 Å². The molecule has 54 heavy (non-hydrogen) atoms. The molecule has 0 amide bonds. The van der Waals surface area contributed by atoms with Crippen molar-refractivity contribution >= 4 is 0 Å². The maximum absolute atomic E-state index is 14.2. The molecule has 2 aromatic carbocycles. The highest BCUT2D eigenvalue weighted by Gasteiger charge is 2.67. The topological polar surface area (TPSA) is 63.9 Å². The smallest absolute Gasteiger partial charge is 0.0861 e. The second-order valence-corrected chi connectivity index (χ2v) is 21.8. The first kappa shape index (κ1) is 36.6. The van der Waals surface area contributed by atoms with Gasteiger partial charge in [0.05, 0.1) is 17.8 Å². The van der Waals surface area contributed by atoms with Gasteiger partial charge in [-0.15, -0.1) is 0 Å². The largest absolute Gasteiger partial charge is 0.393 e. The Balaban J connectivity index is 0.981. The van der Waals surface area contributed by atoms with Gasteiger partial charge in [0.2, 0.25) is 0 Å². The third-order valence-corrected chi connectivity index (χ3v) is 18.9. The van der Waals surface area contributed by atoms with Gasteiger partial charge in [-0.2, -0.15) is 0 Å². The minimum Gasteiger partial charge on any atom is -0.393 e. The van der Waals surface area contributed by atoms with Crippen LogP contribution in [0.3, 0.4) is 0 Å². The van der Waals surface area contributed by atoms with E-state index in [2.05, 4.69) is 79.4 Å². The zero-order valence-electron chi connectivity index (χ0n) is 33.6. The maximum atomic E-state index is 14.2. The van der Waals surface area contributed by atoms with E-state index in [0.29, 0.717) is 64.7 Å². The first-order valence-electron chi connectivity index (χ1n) is 23.0. The Labute approximate surface area is 326 Å². The molecule has 17 atom stereocenters. The van der Waals surface area contributed by atoms with Crippen molar-refractivity contribution in [2.24, 2.45) is 75.9 Å². The van der Waals surface area contributed by atoms with E-state index < -0.39 is 5.60 Å². The van der Waals surface area contributed by atoms with E-state index in [1.165, 1.54) is 88.3 Å². The van der Waals surface area contributed by atoms with Crippen molar-refractivity contribution in [3.63, 3.8) is 0 Å². The monoisotopic (exact) mass is 734 g/mol. The van der Waals surface area contributed by atoms with E-state index in [4.69, 9.17) is 0 Å². The zero-order chi connectivity index (χ0) is 36.8. The summed E-state index contributed by atoms with van der Waals surface area (Å²) in [6.45, 7) is 7.32. The Kier molecular flexibility index (Phi) is 9.48. The summed E-state index contributed by atoms with van der Waals surface area (Å²) >= 11 is 0. The predicted molar refractivity (Wildman–Crippen MR) is 216 cm³/mol. The van der Waals surface area contributed by atoms with Gasteiger partial charge in [-0.1, -0.05) is 74.5 Å². The van der Waals surface area contributed by atoms with Crippen molar-refractivity contribution in [3.05, 3.63) is 71.8 Å². The number of rotatable bonds is 5. The summed E-state index contributed by atoms with van der Waals surface area (Å²) in [5.74, 6) is 6.29. The molecule has 0 bridgehead atoms. The van der Waals surface area contributed by atoms with Crippen molar-refractivity contribution in [1.82, 2.24) is 4.90 Å². The second kappa shape index (κ2) is 14.0. The number of piperidine rings is 2. The standard InChI is InChI=1S/C50H71NO3/c1-32-13-16-47-50(54,37-23-36(22-34-11-7-4-8-12-34)28-49(29-37)20-17-35(27-49)21-33-9-5-3-6-10-33)43-15-14-39-40(42(43)31-51(47)30-32)25-44-41(39)26-46(53)45-24-38(52)18-19-48(44,45)2/h3-12,32,35-47,52-54H,13-31H2,1-2H3/t32-,35+,36-,37-,38+,39+,40+,41+,42?,43?,44-,45+,46+,47-,48-,49+,50+/m1/s1. The van der Waals surface area contributed by atoms with Crippen LogP contribution in [0.2, 0.25) is 0 Å². The molecule has 2 saturated heterocycles. The number of aliphatic hydroxyl groups excluding tert-OH is 2. The Hall–Kier alpha value is -1.72. The van der Waals surface area contributed by atoms with E-state index in [1.807, 2.05) is 0 Å². The highest BCUT2D eigenvalue weighted by Crippen LogP contribution is 2.69. The SMILES string of the molecule is C[C@@H]1CC[C@H]2N(CC3C(CC[C@@H]4[C@@H]5C[C@H](O)[C@@H]6C[C@@H](O)CC[C@]6(C)[C@@H]5C[C@H]34)[C@@]2(O)[C@@H]2C[C@@H](Cc3ccccc3)C[C@@]3(CC[C@@H](Cc4ccccc4)C3)C2)C1. The van der Waals surface area contributed by atoms with Gasteiger partial charge in [0.15, 0.2) is 0 Å². The highest BCUT2D eigenvalue weighted by atomic mass is 16.3.